The van der Waals surface area contributed by atoms with Crippen molar-refractivity contribution in [2.24, 2.45) is 0 Å². The minimum atomic E-state index is -0.409. The molecule has 0 unspecified atom stereocenters. The van der Waals surface area contributed by atoms with E-state index in [4.69, 9.17) is 0 Å². The molecule has 1 saturated carbocycles. The predicted octanol–water partition coefficient (Wildman–Crippen LogP) is 6.92. The molecular formula is C30H27ClP2Ru+. The van der Waals surface area contributed by atoms with Crippen LogP contribution in [0.25, 0.3) is 0 Å². The molecule has 0 nitrogen and oxygen atoms in total. The van der Waals surface area contributed by atoms with Crippen molar-refractivity contribution in [1.29, 1.82) is 0 Å². The third-order valence-electron chi connectivity index (χ3n) is 5.11. The molecule has 0 spiro atoms. The van der Waals surface area contributed by atoms with Crippen molar-refractivity contribution >= 4 is 46.8 Å². The van der Waals surface area contributed by atoms with Crippen LogP contribution in [0.4, 0.5) is 0 Å². The molecular weight excluding hydrogens is 559 g/mol. The topological polar surface area (TPSA) is 0 Å². The van der Waals surface area contributed by atoms with E-state index in [-0.39, 0.29) is 0 Å². The zero-order valence-electron chi connectivity index (χ0n) is 18.8. The Morgan fingerprint density at radius 1 is 0.382 bits per heavy atom. The first kappa shape index (κ1) is 27.2. The van der Waals surface area contributed by atoms with Crippen LogP contribution < -0.4 is 21.2 Å². The SMILES string of the molecule is [CH]1[CH][CH][CH][CH]1.[Cl][Ru+].c1ccc(P(CP(c2ccccc2)c2ccccc2)c2ccccc2)cc1. The Morgan fingerprint density at radius 3 is 0.794 bits per heavy atom. The number of halogens is 1. The van der Waals surface area contributed by atoms with Crippen LogP contribution in [0.2, 0.25) is 0 Å². The van der Waals surface area contributed by atoms with E-state index in [2.05, 4.69) is 131 Å². The average Bonchev–Trinajstić information content (AvgIpc) is 3.53. The molecule has 0 bridgehead atoms. The third-order valence-corrected chi connectivity index (χ3v) is 11.1. The molecule has 5 radical (unpaired) electrons. The Bertz CT molecular complexity index is 859. The van der Waals surface area contributed by atoms with E-state index >= 15 is 0 Å². The van der Waals surface area contributed by atoms with Gasteiger partial charge in [0.2, 0.25) is 0 Å². The van der Waals surface area contributed by atoms with Crippen molar-refractivity contribution in [1.82, 2.24) is 0 Å². The first-order valence-electron chi connectivity index (χ1n) is 11.0. The molecule has 34 heavy (non-hydrogen) atoms. The Morgan fingerprint density at radius 2 is 0.588 bits per heavy atom. The summed E-state index contributed by atoms with van der Waals surface area (Å²) in [5.41, 5.74) is 0. The fraction of sp³-hybridized carbons (Fsp3) is 0.0333. The fourth-order valence-electron chi connectivity index (χ4n) is 3.52. The molecule has 0 atom stereocenters. The number of rotatable bonds is 6. The Kier molecular flexibility index (Phi) is 13.1. The van der Waals surface area contributed by atoms with Gasteiger partial charge in [0.05, 0.1) is 0 Å². The molecule has 0 N–H and O–H groups in total. The molecule has 1 fully saturated rings. The van der Waals surface area contributed by atoms with Crippen LogP contribution in [-0.2, 0) is 17.3 Å². The van der Waals surface area contributed by atoms with Crippen molar-refractivity contribution in [3.8, 4) is 0 Å². The van der Waals surface area contributed by atoms with Gasteiger partial charge in [-0.25, -0.2) is 0 Å². The van der Waals surface area contributed by atoms with Gasteiger partial charge in [-0.15, -0.1) is 0 Å². The van der Waals surface area contributed by atoms with Gasteiger partial charge in [-0.3, -0.25) is 0 Å². The summed E-state index contributed by atoms with van der Waals surface area (Å²) in [7, 11) is 3.75. The van der Waals surface area contributed by atoms with Gasteiger partial charge in [0.1, 0.15) is 0 Å². The molecule has 0 heterocycles. The van der Waals surface area contributed by atoms with E-state index in [1.807, 2.05) is 49.4 Å². The predicted molar refractivity (Wildman–Crippen MR) is 150 cm³/mol. The minimum absolute atomic E-state index is 0.409. The summed E-state index contributed by atoms with van der Waals surface area (Å²) in [5.74, 6) is 1.17. The Labute approximate surface area is 222 Å². The Hall–Kier alpha value is -1.35. The van der Waals surface area contributed by atoms with Gasteiger partial charge in [-0.1, -0.05) is 121 Å². The van der Waals surface area contributed by atoms with Crippen LogP contribution in [-0.4, -0.2) is 5.90 Å². The summed E-state index contributed by atoms with van der Waals surface area (Å²) in [6.45, 7) is 0. The van der Waals surface area contributed by atoms with E-state index in [0.29, 0.717) is 0 Å². The molecule has 0 amide bonds. The maximum Gasteiger partial charge on any atom is 0.00405 e. The second kappa shape index (κ2) is 16.3. The summed E-state index contributed by atoms with van der Waals surface area (Å²) < 4.78 is 0. The molecule has 1 aliphatic carbocycles. The molecule has 0 aromatic heterocycles. The van der Waals surface area contributed by atoms with E-state index in [0.717, 1.165) is 0 Å². The minimum Gasteiger partial charge on any atom is -0.0622 e. The monoisotopic (exact) mass is 586 g/mol. The van der Waals surface area contributed by atoms with Gasteiger partial charge >= 0.3 is 27.0 Å². The molecule has 4 aromatic carbocycles. The number of hydrogen-bond donors (Lipinski definition) is 0. The van der Waals surface area contributed by atoms with Crippen molar-refractivity contribution < 1.29 is 17.3 Å². The van der Waals surface area contributed by atoms with Gasteiger partial charge in [0.15, 0.2) is 0 Å². The summed E-state index contributed by atoms with van der Waals surface area (Å²) in [5, 5.41) is 5.83. The molecule has 4 aromatic rings. The zero-order chi connectivity index (χ0) is 23.8. The summed E-state index contributed by atoms with van der Waals surface area (Å²) in [6, 6.07) is 44.1. The second-order valence-corrected chi connectivity index (χ2v) is 12.2. The maximum absolute atomic E-state index is 4.57. The molecule has 171 valence electrons. The standard InChI is InChI=1S/C25H22P2.C5H5.ClH.Ru/c1-5-13-22(14-6-1)26(23-15-7-2-8-16-23)21-27(24-17-9-3-10-18-24)25-19-11-4-12-20-25;1-2-4-5-3-1;;/h1-20H,21H2;1-5H;1H;/q;;;+2/p-1. The Balaban J connectivity index is 0.000000404. The third kappa shape index (κ3) is 8.70. The van der Waals surface area contributed by atoms with E-state index < -0.39 is 15.8 Å². The van der Waals surface area contributed by atoms with Crippen molar-refractivity contribution in [3.05, 3.63) is 153 Å². The maximum atomic E-state index is 4.57. The van der Waals surface area contributed by atoms with Crippen LogP contribution in [0.5, 0.6) is 0 Å². The van der Waals surface area contributed by atoms with Crippen molar-refractivity contribution in [2.45, 2.75) is 0 Å². The quantitative estimate of drug-likeness (QED) is 0.170. The van der Waals surface area contributed by atoms with Crippen LogP contribution in [0.3, 0.4) is 0 Å². The summed E-state index contributed by atoms with van der Waals surface area (Å²) in [4.78, 5) is 0. The number of hydrogen-bond acceptors (Lipinski definition) is 0. The zero-order valence-corrected chi connectivity index (χ0v) is 23.0. The van der Waals surface area contributed by atoms with Gasteiger partial charge in [-0.2, -0.15) is 0 Å². The van der Waals surface area contributed by atoms with Crippen LogP contribution in [0.15, 0.2) is 121 Å². The first-order chi connectivity index (χ1) is 16.9. The molecule has 4 heteroatoms. The van der Waals surface area contributed by atoms with Gasteiger partial charge in [0.25, 0.3) is 0 Å². The van der Waals surface area contributed by atoms with Crippen LogP contribution in [0.1, 0.15) is 0 Å². The van der Waals surface area contributed by atoms with E-state index in [9.17, 15) is 0 Å². The fourth-order valence-corrected chi connectivity index (χ4v) is 9.99. The van der Waals surface area contributed by atoms with Crippen LogP contribution in [0, 0.1) is 32.1 Å². The smallest absolute Gasteiger partial charge is 0.00405 e. The molecule has 5 rings (SSSR count). The van der Waals surface area contributed by atoms with Crippen molar-refractivity contribution in [2.75, 3.05) is 5.90 Å². The molecule has 0 aliphatic heterocycles. The number of benzene rings is 4. The molecule has 1 aliphatic rings. The van der Waals surface area contributed by atoms with E-state index in [1.165, 1.54) is 27.1 Å². The van der Waals surface area contributed by atoms with E-state index in [1.54, 1.807) is 0 Å². The summed E-state index contributed by atoms with van der Waals surface area (Å²) >= 11 is 1.82. The largest absolute Gasteiger partial charge is 0.0622 e. The van der Waals surface area contributed by atoms with Gasteiger partial charge < -0.3 is 0 Å². The van der Waals surface area contributed by atoms with Gasteiger partial charge in [-0.05, 0) is 69.2 Å². The molecule has 0 saturated heterocycles. The second-order valence-electron chi connectivity index (χ2n) is 7.30. The van der Waals surface area contributed by atoms with Crippen molar-refractivity contribution in [3.63, 3.8) is 0 Å². The first-order valence-corrected chi connectivity index (χ1v) is 16.3. The van der Waals surface area contributed by atoms with Gasteiger partial charge in [0, 0.05) is 5.90 Å². The normalized spacial score (nSPS) is 12.5. The van der Waals surface area contributed by atoms with Crippen LogP contribution >= 0.6 is 25.5 Å². The average molecular weight is 586 g/mol. The summed E-state index contributed by atoms with van der Waals surface area (Å²) in [6.07, 6.45) is 10.0.